The Morgan fingerprint density at radius 3 is 2.27 bits per heavy atom. The lowest BCUT2D eigenvalue weighted by Crippen LogP contribution is -2.44. The van der Waals surface area contributed by atoms with Crippen molar-refractivity contribution in [2.24, 2.45) is 0 Å². The Morgan fingerprint density at radius 2 is 1.73 bits per heavy atom. The first kappa shape index (κ1) is 12.4. The van der Waals surface area contributed by atoms with E-state index in [0.29, 0.717) is 6.42 Å². The largest absolute Gasteiger partial charge is 0.458 e. The lowest BCUT2D eigenvalue weighted by molar-refractivity contribution is -0.180. The topological polar surface area (TPSA) is 61.8 Å². The van der Waals surface area contributed by atoms with Gasteiger partial charge in [-0.2, -0.15) is 0 Å². The van der Waals surface area contributed by atoms with Crippen LogP contribution in [0.3, 0.4) is 0 Å². The van der Waals surface area contributed by atoms with Crippen LogP contribution in [0.2, 0.25) is 0 Å². The van der Waals surface area contributed by atoms with Crippen molar-refractivity contribution in [3.8, 4) is 0 Å². The van der Waals surface area contributed by atoms with Gasteiger partial charge in [0.25, 0.3) is 0 Å². The van der Waals surface area contributed by atoms with Crippen molar-refractivity contribution in [3.63, 3.8) is 0 Å². The van der Waals surface area contributed by atoms with Crippen LogP contribution < -0.4 is 0 Å². The molecule has 3 atom stereocenters. The van der Waals surface area contributed by atoms with Gasteiger partial charge in [0.15, 0.2) is 6.10 Å². The van der Waals surface area contributed by atoms with E-state index in [2.05, 4.69) is 15.9 Å². The molecule has 1 saturated heterocycles. The number of halogens is 1. The van der Waals surface area contributed by atoms with Crippen LogP contribution in [0.4, 0.5) is 0 Å². The van der Waals surface area contributed by atoms with Gasteiger partial charge in [0.2, 0.25) is 0 Å². The fourth-order valence-electron chi connectivity index (χ4n) is 1.37. The highest BCUT2D eigenvalue weighted by Gasteiger charge is 2.34. The molecule has 6 heteroatoms. The van der Waals surface area contributed by atoms with E-state index in [4.69, 9.17) is 14.2 Å². The molecule has 0 aliphatic carbocycles. The third-order valence-electron chi connectivity index (χ3n) is 1.91. The molecule has 0 aromatic heterocycles. The summed E-state index contributed by atoms with van der Waals surface area (Å²) in [4.78, 5) is 21.6. The van der Waals surface area contributed by atoms with Gasteiger partial charge in [0.05, 0.1) is 6.61 Å². The standard InChI is InChI=1S/C9H13BrO5/c1-5(11)14-7-3-9(10)13-4-8(7)15-6(2)12/h7-9H,3-4H2,1-2H3/t7-,8+,9+/m0/s1. The third-order valence-corrected chi connectivity index (χ3v) is 2.55. The molecule has 0 unspecified atom stereocenters. The number of hydrogen-bond acceptors (Lipinski definition) is 5. The zero-order valence-electron chi connectivity index (χ0n) is 8.57. The maximum atomic E-state index is 10.8. The molecule has 1 fully saturated rings. The fraction of sp³-hybridized carbons (Fsp3) is 0.778. The van der Waals surface area contributed by atoms with Crippen molar-refractivity contribution in [1.29, 1.82) is 0 Å². The molecule has 0 radical (unpaired) electrons. The molecule has 0 saturated carbocycles. The second-order valence-corrected chi connectivity index (χ2v) is 4.30. The molecule has 5 nitrogen and oxygen atoms in total. The van der Waals surface area contributed by atoms with Crippen LogP contribution in [-0.2, 0) is 23.8 Å². The highest BCUT2D eigenvalue weighted by Crippen LogP contribution is 2.23. The summed E-state index contributed by atoms with van der Waals surface area (Å²) in [7, 11) is 0. The summed E-state index contributed by atoms with van der Waals surface area (Å²) in [6, 6.07) is 0. The molecule has 1 aliphatic rings. The fourth-order valence-corrected chi connectivity index (χ4v) is 1.89. The predicted molar refractivity (Wildman–Crippen MR) is 54.4 cm³/mol. The minimum atomic E-state index is -0.514. The summed E-state index contributed by atoms with van der Waals surface area (Å²) >= 11 is 3.26. The Morgan fingerprint density at radius 1 is 1.20 bits per heavy atom. The van der Waals surface area contributed by atoms with E-state index in [1.54, 1.807) is 0 Å². The summed E-state index contributed by atoms with van der Waals surface area (Å²) in [6.07, 6.45) is -0.484. The second kappa shape index (κ2) is 5.46. The molecule has 86 valence electrons. The molecule has 0 bridgehead atoms. The Labute approximate surface area is 96.2 Å². The van der Waals surface area contributed by atoms with E-state index in [0.717, 1.165) is 0 Å². The van der Waals surface area contributed by atoms with Crippen molar-refractivity contribution >= 4 is 27.9 Å². The summed E-state index contributed by atoms with van der Waals surface area (Å²) in [5, 5.41) is -0.173. The smallest absolute Gasteiger partial charge is 0.303 e. The molecule has 0 amide bonds. The average Bonchev–Trinajstić information content (AvgIpc) is 2.08. The van der Waals surface area contributed by atoms with Crippen LogP contribution in [0, 0.1) is 0 Å². The van der Waals surface area contributed by atoms with Gasteiger partial charge in [-0.3, -0.25) is 9.59 Å². The van der Waals surface area contributed by atoms with Crippen molar-refractivity contribution < 1.29 is 23.8 Å². The van der Waals surface area contributed by atoms with Crippen molar-refractivity contribution in [2.75, 3.05) is 6.61 Å². The van der Waals surface area contributed by atoms with Gasteiger partial charge < -0.3 is 14.2 Å². The first-order valence-corrected chi connectivity index (χ1v) is 5.50. The molecule has 1 rings (SSSR count). The van der Waals surface area contributed by atoms with Crippen molar-refractivity contribution in [2.45, 2.75) is 37.5 Å². The number of carbonyl (C=O) groups is 2. The normalized spacial score (nSPS) is 30.7. The van der Waals surface area contributed by atoms with Gasteiger partial charge >= 0.3 is 11.9 Å². The minimum Gasteiger partial charge on any atom is -0.458 e. The van der Waals surface area contributed by atoms with Gasteiger partial charge in [-0.05, 0) is 0 Å². The number of carbonyl (C=O) groups excluding carboxylic acids is 2. The van der Waals surface area contributed by atoms with Gasteiger partial charge in [-0.15, -0.1) is 0 Å². The van der Waals surface area contributed by atoms with Crippen LogP contribution in [0.1, 0.15) is 20.3 Å². The van der Waals surface area contributed by atoms with Gasteiger partial charge in [0, 0.05) is 20.3 Å². The van der Waals surface area contributed by atoms with Gasteiger partial charge in [-0.25, -0.2) is 0 Å². The molecule has 0 N–H and O–H groups in total. The van der Waals surface area contributed by atoms with E-state index in [9.17, 15) is 9.59 Å². The number of hydrogen-bond donors (Lipinski definition) is 0. The van der Waals surface area contributed by atoms with E-state index in [-0.39, 0.29) is 11.6 Å². The van der Waals surface area contributed by atoms with Crippen LogP contribution in [0.5, 0.6) is 0 Å². The zero-order valence-corrected chi connectivity index (χ0v) is 10.2. The average molecular weight is 281 g/mol. The molecule has 0 spiro atoms. The van der Waals surface area contributed by atoms with Crippen LogP contribution in [-0.4, -0.2) is 35.8 Å². The SMILES string of the molecule is CC(=O)O[C@H]1C[C@H](Br)OC[C@H]1OC(C)=O. The van der Waals surface area contributed by atoms with E-state index in [1.807, 2.05) is 0 Å². The highest BCUT2D eigenvalue weighted by atomic mass is 79.9. The maximum Gasteiger partial charge on any atom is 0.303 e. The number of rotatable bonds is 2. The molecule has 1 heterocycles. The lowest BCUT2D eigenvalue weighted by Gasteiger charge is -2.32. The molecule has 1 aliphatic heterocycles. The predicted octanol–water partition coefficient (Wildman–Crippen LogP) is 0.991. The summed E-state index contributed by atoms with van der Waals surface area (Å²) < 4.78 is 15.3. The molecule has 15 heavy (non-hydrogen) atoms. The monoisotopic (exact) mass is 280 g/mol. The Bertz CT molecular complexity index is 255. The van der Waals surface area contributed by atoms with E-state index >= 15 is 0 Å². The van der Waals surface area contributed by atoms with Gasteiger partial charge in [-0.1, -0.05) is 15.9 Å². The first-order chi connectivity index (χ1) is 6.99. The number of alkyl halides is 1. The molecule has 0 aromatic carbocycles. The van der Waals surface area contributed by atoms with Crippen LogP contribution >= 0.6 is 15.9 Å². The summed E-state index contributed by atoms with van der Waals surface area (Å²) in [6.45, 7) is 2.86. The maximum absolute atomic E-state index is 10.8. The zero-order chi connectivity index (χ0) is 11.4. The molecular weight excluding hydrogens is 268 g/mol. The Hall–Kier alpha value is -0.620. The number of esters is 2. The summed E-state index contributed by atoms with van der Waals surface area (Å²) in [5.74, 6) is -0.799. The second-order valence-electron chi connectivity index (χ2n) is 3.27. The Balaban J connectivity index is 2.57. The molecule has 0 aromatic rings. The Kier molecular flexibility index (Phi) is 4.53. The van der Waals surface area contributed by atoms with Crippen molar-refractivity contribution in [1.82, 2.24) is 0 Å². The van der Waals surface area contributed by atoms with E-state index in [1.165, 1.54) is 13.8 Å². The highest BCUT2D eigenvalue weighted by molar-refractivity contribution is 9.09. The van der Waals surface area contributed by atoms with Gasteiger partial charge in [0.1, 0.15) is 11.1 Å². The van der Waals surface area contributed by atoms with E-state index < -0.39 is 24.1 Å². The number of ether oxygens (including phenoxy) is 3. The van der Waals surface area contributed by atoms with Crippen molar-refractivity contribution in [3.05, 3.63) is 0 Å². The molecular formula is C9H13BrO5. The van der Waals surface area contributed by atoms with Crippen LogP contribution in [0.25, 0.3) is 0 Å². The van der Waals surface area contributed by atoms with Crippen LogP contribution in [0.15, 0.2) is 0 Å². The summed E-state index contributed by atoms with van der Waals surface area (Å²) in [5.41, 5.74) is 0. The quantitative estimate of drug-likeness (QED) is 0.558. The minimum absolute atomic E-state index is 0.173. The lowest BCUT2D eigenvalue weighted by atomic mass is 10.1. The first-order valence-electron chi connectivity index (χ1n) is 4.59. The third kappa shape index (κ3) is 4.17.